The normalized spacial score (nSPS) is 16.6. The zero-order chi connectivity index (χ0) is 18.8. The number of carbonyl (C=O) groups is 2. The maximum Gasteiger partial charge on any atom is 0.253 e. The number of fused-ring (bicyclic) bond motifs is 1. The van der Waals surface area contributed by atoms with Crippen molar-refractivity contribution in [1.29, 1.82) is 0 Å². The maximum atomic E-state index is 13.2. The molecular formula is C21H16FN3O2. The van der Waals surface area contributed by atoms with E-state index in [9.17, 15) is 14.0 Å². The van der Waals surface area contributed by atoms with Crippen molar-refractivity contribution in [1.82, 2.24) is 10.3 Å². The summed E-state index contributed by atoms with van der Waals surface area (Å²) < 4.78 is 13.2. The fourth-order valence-electron chi connectivity index (χ4n) is 3.26. The van der Waals surface area contributed by atoms with Crippen LogP contribution in [0.15, 0.2) is 72.7 Å². The molecule has 1 aliphatic rings. The largest absolute Gasteiger partial charge is 0.332 e. The zero-order valence-electron chi connectivity index (χ0n) is 14.3. The number of hydrogen-bond donors (Lipinski definition) is 2. The summed E-state index contributed by atoms with van der Waals surface area (Å²) in [5, 5.41) is 7.31. The van der Waals surface area contributed by atoms with Gasteiger partial charge in [0, 0.05) is 53.0 Å². The molecule has 0 saturated heterocycles. The first kappa shape index (κ1) is 16.9. The summed E-state index contributed by atoms with van der Waals surface area (Å²) in [4.78, 5) is 28.9. The molecular weight excluding hydrogens is 345 g/mol. The van der Waals surface area contributed by atoms with Gasteiger partial charge in [0.25, 0.3) is 5.91 Å². The lowest BCUT2D eigenvalue weighted by atomic mass is 9.86. The Morgan fingerprint density at radius 3 is 2.78 bits per heavy atom. The van der Waals surface area contributed by atoms with Gasteiger partial charge in [0.1, 0.15) is 5.82 Å². The van der Waals surface area contributed by atoms with E-state index < -0.39 is 5.92 Å². The first-order chi connectivity index (χ1) is 13.1. The number of aromatic nitrogens is 1. The second-order valence-electron chi connectivity index (χ2n) is 6.33. The summed E-state index contributed by atoms with van der Waals surface area (Å²) in [6, 6.07) is 13.3. The van der Waals surface area contributed by atoms with Crippen LogP contribution < -0.4 is 10.6 Å². The molecule has 2 amide bonds. The van der Waals surface area contributed by atoms with E-state index >= 15 is 0 Å². The molecule has 0 spiro atoms. The molecule has 1 atom stereocenters. The molecule has 27 heavy (non-hydrogen) atoms. The third-order valence-corrected chi connectivity index (χ3v) is 4.62. The second-order valence-corrected chi connectivity index (χ2v) is 6.33. The van der Waals surface area contributed by atoms with Gasteiger partial charge in [-0.2, -0.15) is 0 Å². The van der Waals surface area contributed by atoms with Crippen LogP contribution in [0.2, 0.25) is 0 Å². The summed E-state index contributed by atoms with van der Waals surface area (Å²) in [6.07, 6.45) is 4.96. The van der Waals surface area contributed by atoms with Crippen LogP contribution in [0.4, 0.5) is 10.1 Å². The zero-order valence-corrected chi connectivity index (χ0v) is 14.3. The van der Waals surface area contributed by atoms with Gasteiger partial charge < -0.3 is 10.6 Å². The van der Waals surface area contributed by atoms with Gasteiger partial charge in [-0.15, -0.1) is 0 Å². The SMILES string of the molecule is O=C1C[C@@H](c2ccc(F)cc2)C(C(=O)Nc2cccc3cnccc23)=CN1. The van der Waals surface area contributed by atoms with Crippen molar-refractivity contribution >= 4 is 28.3 Å². The van der Waals surface area contributed by atoms with Crippen molar-refractivity contribution < 1.29 is 14.0 Å². The fraction of sp³-hybridized carbons (Fsp3) is 0.0952. The molecule has 2 aromatic carbocycles. The number of anilines is 1. The number of rotatable bonds is 3. The van der Waals surface area contributed by atoms with E-state index in [1.165, 1.54) is 18.3 Å². The Balaban J connectivity index is 1.66. The van der Waals surface area contributed by atoms with Gasteiger partial charge in [-0.05, 0) is 29.8 Å². The van der Waals surface area contributed by atoms with Gasteiger partial charge in [0.15, 0.2) is 0 Å². The minimum Gasteiger partial charge on any atom is -0.332 e. The number of halogens is 1. The van der Waals surface area contributed by atoms with Gasteiger partial charge >= 0.3 is 0 Å². The Labute approximate surface area is 154 Å². The minimum atomic E-state index is -0.434. The number of pyridine rings is 1. The van der Waals surface area contributed by atoms with Gasteiger partial charge in [-0.3, -0.25) is 14.6 Å². The van der Waals surface area contributed by atoms with E-state index in [0.717, 1.165) is 16.3 Å². The summed E-state index contributed by atoms with van der Waals surface area (Å²) >= 11 is 0. The van der Waals surface area contributed by atoms with Crippen molar-refractivity contribution in [2.75, 3.05) is 5.32 Å². The third kappa shape index (κ3) is 3.42. The molecule has 0 radical (unpaired) electrons. The van der Waals surface area contributed by atoms with Crippen molar-refractivity contribution in [3.63, 3.8) is 0 Å². The minimum absolute atomic E-state index is 0.129. The van der Waals surface area contributed by atoms with Crippen LogP contribution in [-0.4, -0.2) is 16.8 Å². The number of amides is 2. The van der Waals surface area contributed by atoms with E-state index in [4.69, 9.17) is 0 Å². The van der Waals surface area contributed by atoms with E-state index in [1.54, 1.807) is 24.5 Å². The highest BCUT2D eigenvalue weighted by molar-refractivity contribution is 6.10. The number of carbonyl (C=O) groups excluding carboxylic acids is 2. The van der Waals surface area contributed by atoms with Crippen LogP contribution in [0.5, 0.6) is 0 Å². The van der Waals surface area contributed by atoms with Gasteiger partial charge in [-0.25, -0.2) is 4.39 Å². The molecule has 4 rings (SSSR count). The first-order valence-corrected chi connectivity index (χ1v) is 8.51. The monoisotopic (exact) mass is 361 g/mol. The number of nitrogens with zero attached hydrogens (tertiary/aromatic N) is 1. The maximum absolute atomic E-state index is 13.2. The van der Waals surface area contributed by atoms with Gasteiger partial charge in [0.2, 0.25) is 5.91 Å². The molecule has 0 saturated carbocycles. The molecule has 3 aromatic rings. The molecule has 0 fully saturated rings. The topological polar surface area (TPSA) is 71.1 Å². The van der Waals surface area contributed by atoms with E-state index in [2.05, 4.69) is 15.6 Å². The molecule has 1 aliphatic heterocycles. The lowest BCUT2D eigenvalue weighted by molar-refractivity contribution is -0.121. The molecule has 0 aliphatic carbocycles. The Kier molecular flexibility index (Phi) is 4.38. The van der Waals surface area contributed by atoms with Gasteiger partial charge in [0.05, 0.1) is 0 Å². The van der Waals surface area contributed by atoms with Crippen molar-refractivity contribution in [2.45, 2.75) is 12.3 Å². The van der Waals surface area contributed by atoms with Crippen LogP contribution in [0.25, 0.3) is 10.8 Å². The lowest BCUT2D eigenvalue weighted by Gasteiger charge is -2.24. The Hall–Kier alpha value is -3.54. The standard InChI is InChI=1S/C21H16FN3O2/c22-15-6-4-13(5-7-15)17-10-20(26)24-12-18(17)21(27)25-19-3-1-2-14-11-23-9-8-16(14)19/h1-9,11-12,17H,10H2,(H,24,26)(H,25,27)/t17-/m0/s1. The summed E-state index contributed by atoms with van der Waals surface area (Å²) in [5.41, 5.74) is 1.80. The van der Waals surface area contributed by atoms with Crippen LogP contribution in [0, 0.1) is 5.82 Å². The van der Waals surface area contributed by atoms with Gasteiger partial charge in [-0.1, -0.05) is 24.3 Å². The summed E-state index contributed by atoms with van der Waals surface area (Å²) in [7, 11) is 0. The van der Waals surface area contributed by atoms with E-state index in [0.29, 0.717) is 11.3 Å². The van der Waals surface area contributed by atoms with E-state index in [1.807, 2.05) is 24.3 Å². The smallest absolute Gasteiger partial charge is 0.253 e. The van der Waals surface area contributed by atoms with Crippen LogP contribution >= 0.6 is 0 Å². The van der Waals surface area contributed by atoms with Crippen molar-refractivity contribution in [3.05, 3.63) is 84.1 Å². The molecule has 0 bridgehead atoms. The Morgan fingerprint density at radius 2 is 1.96 bits per heavy atom. The average molecular weight is 361 g/mol. The predicted octanol–water partition coefficient (Wildman–Crippen LogP) is 3.50. The van der Waals surface area contributed by atoms with Crippen molar-refractivity contribution in [2.24, 2.45) is 0 Å². The molecule has 134 valence electrons. The van der Waals surface area contributed by atoms with Crippen LogP contribution in [0.1, 0.15) is 17.9 Å². The number of benzene rings is 2. The lowest BCUT2D eigenvalue weighted by Crippen LogP contribution is -2.32. The second kappa shape index (κ2) is 6.99. The fourth-order valence-corrected chi connectivity index (χ4v) is 3.26. The summed E-state index contributed by atoms with van der Waals surface area (Å²) in [5.74, 6) is -1.29. The Morgan fingerprint density at radius 1 is 1.15 bits per heavy atom. The number of hydrogen-bond acceptors (Lipinski definition) is 3. The van der Waals surface area contributed by atoms with E-state index in [-0.39, 0.29) is 24.1 Å². The first-order valence-electron chi connectivity index (χ1n) is 8.51. The predicted molar refractivity (Wildman–Crippen MR) is 100 cm³/mol. The molecule has 5 nitrogen and oxygen atoms in total. The Bertz CT molecular complexity index is 1060. The average Bonchev–Trinajstić information content (AvgIpc) is 2.69. The number of nitrogens with one attached hydrogen (secondary N) is 2. The highest BCUT2D eigenvalue weighted by Gasteiger charge is 2.29. The quantitative estimate of drug-likeness (QED) is 0.750. The molecule has 2 N–H and O–H groups in total. The highest BCUT2D eigenvalue weighted by Crippen LogP contribution is 2.32. The molecule has 6 heteroatoms. The highest BCUT2D eigenvalue weighted by atomic mass is 19.1. The van der Waals surface area contributed by atoms with Crippen LogP contribution in [-0.2, 0) is 9.59 Å². The van der Waals surface area contributed by atoms with Crippen molar-refractivity contribution in [3.8, 4) is 0 Å². The summed E-state index contributed by atoms with van der Waals surface area (Å²) in [6.45, 7) is 0. The molecule has 2 heterocycles. The molecule has 0 unspecified atom stereocenters. The van der Waals surface area contributed by atoms with Crippen LogP contribution in [0.3, 0.4) is 0 Å². The molecule has 1 aromatic heterocycles. The third-order valence-electron chi connectivity index (χ3n) is 4.62.